The summed E-state index contributed by atoms with van der Waals surface area (Å²) >= 11 is 0. The van der Waals surface area contributed by atoms with E-state index in [1.165, 1.54) is 0 Å². The Labute approximate surface area is 83.0 Å². The van der Waals surface area contributed by atoms with Gasteiger partial charge in [-0.2, -0.15) is 0 Å². The van der Waals surface area contributed by atoms with Gasteiger partial charge in [-0.25, -0.2) is 0 Å². The zero-order valence-corrected chi connectivity index (χ0v) is 8.24. The molecule has 1 rings (SSSR count). The van der Waals surface area contributed by atoms with Crippen LogP contribution in [-0.2, 0) is 0 Å². The number of hydrogen-bond donors (Lipinski definition) is 2. The van der Waals surface area contributed by atoms with Gasteiger partial charge in [0.2, 0.25) is 0 Å². The minimum atomic E-state index is -0.166. The van der Waals surface area contributed by atoms with E-state index in [9.17, 15) is 4.79 Å². The summed E-state index contributed by atoms with van der Waals surface area (Å²) in [5, 5.41) is 5.40. The summed E-state index contributed by atoms with van der Waals surface area (Å²) in [4.78, 5) is 15.4. The van der Waals surface area contributed by atoms with Gasteiger partial charge < -0.3 is 5.32 Å². The van der Waals surface area contributed by atoms with Crippen molar-refractivity contribution in [1.29, 1.82) is 0 Å². The Morgan fingerprint density at radius 1 is 1.29 bits per heavy atom. The van der Waals surface area contributed by atoms with Crippen LogP contribution in [0.4, 0.5) is 0 Å². The molecule has 0 bridgehead atoms. The Morgan fingerprint density at radius 2 is 1.93 bits per heavy atom. The monoisotopic (exact) mass is 191 g/mol. The standard InChI is InChI=1S/C10H13N3O/c1-11-10(12-2)13-9(14)8-6-4-3-5-7-8/h3-7H,1-2H3,(H2,11,12,13,14). The number of aliphatic imine (C=N–C) groups is 1. The molecule has 1 aromatic carbocycles. The average Bonchev–Trinajstić information content (AvgIpc) is 2.26. The number of amides is 1. The summed E-state index contributed by atoms with van der Waals surface area (Å²) in [7, 11) is 3.31. The number of benzene rings is 1. The molecule has 0 fully saturated rings. The SMILES string of the molecule is CN=C(NC)NC(=O)c1ccccc1. The molecule has 0 aliphatic heterocycles. The molecule has 0 atom stereocenters. The molecule has 0 spiro atoms. The van der Waals surface area contributed by atoms with Crippen LogP contribution in [0, 0.1) is 0 Å². The van der Waals surface area contributed by atoms with Crippen molar-refractivity contribution in [3.63, 3.8) is 0 Å². The highest BCUT2D eigenvalue weighted by molar-refractivity contribution is 6.05. The highest BCUT2D eigenvalue weighted by Gasteiger charge is 2.05. The molecule has 0 aromatic heterocycles. The van der Waals surface area contributed by atoms with Crippen molar-refractivity contribution in [3.05, 3.63) is 35.9 Å². The number of rotatable bonds is 1. The Balaban J connectivity index is 2.68. The first kappa shape index (κ1) is 10.2. The lowest BCUT2D eigenvalue weighted by Crippen LogP contribution is -2.38. The molecule has 4 nitrogen and oxygen atoms in total. The lowest BCUT2D eigenvalue weighted by Gasteiger charge is -2.06. The largest absolute Gasteiger partial charge is 0.359 e. The van der Waals surface area contributed by atoms with Crippen molar-refractivity contribution in [3.8, 4) is 0 Å². The number of guanidine groups is 1. The maximum atomic E-state index is 11.5. The molecule has 14 heavy (non-hydrogen) atoms. The van der Waals surface area contributed by atoms with Gasteiger partial charge in [-0.3, -0.25) is 15.1 Å². The van der Waals surface area contributed by atoms with E-state index in [1.54, 1.807) is 26.2 Å². The quantitative estimate of drug-likeness (QED) is 0.505. The second-order valence-corrected chi connectivity index (χ2v) is 2.64. The number of nitrogens with zero attached hydrogens (tertiary/aromatic N) is 1. The summed E-state index contributed by atoms with van der Waals surface area (Å²) in [5.41, 5.74) is 0.615. The molecule has 4 heteroatoms. The summed E-state index contributed by atoms with van der Waals surface area (Å²) in [5.74, 6) is 0.291. The molecule has 0 aliphatic rings. The van der Waals surface area contributed by atoms with Crippen LogP contribution in [0.3, 0.4) is 0 Å². The van der Waals surface area contributed by atoms with Crippen LogP contribution in [0.2, 0.25) is 0 Å². The Morgan fingerprint density at radius 3 is 2.43 bits per heavy atom. The molecule has 1 aromatic rings. The summed E-state index contributed by atoms with van der Waals surface area (Å²) in [6.07, 6.45) is 0. The van der Waals surface area contributed by atoms with Gasteiger partial charge in [-0.15, -0.1) is 0 Å². The smallest absolute Gasteiger partial charge is 0.257 e. The summed E-state index contributed by atoms with van der Waals surface area (Å²) in [6, 6.07) is 8.99. The van der Waals surface area contributed by atoms with E-state index < -0.39 is 0 Å². The predicted octanol–water partition coefficient (Wildman–Crippen LogP) is 0.622. The van der Waals surface area contributed by atoms with Crippen molar-refractivity contribution in [2.24, 2.45) is 4.99 Å². The van der Waals surface area contributed by atoms with Crippen LogP contribution in [0.15, 0.2) is 35.3 Å². The van der Waals surface area contributed by atoms with E-state index in [0.29, 0.717) is 11.5 Å². The van der Waals surface area contributed by atoms with Crippen LogP contribution in [0.25, 0.3) is 0 Å². The van der Waals surface area contributed by atoms with E-state index in [4.69, 9.17) is 0 Å². The molecule has 0 aliphatic carbocycles. The fraction of sp³-hybridized carbons (Fsp3) is 0.200. The summed E-state index contributed by atoms with van der Waals surface area (Å²) in [6.45, 7) is 0. The van der Waals surface area contributed by atoms with E-state index in [1.807, 2.05) is 18.2 Å². The van der Waals surface area contributed by atoms with E-state index in [-0.39, 0.29) is 5.91 Å². The molecule has 1 amide bonds. The molecule has 0 unspecified atom stereocenters. The fourth-order valence-corrected chi connectivity index (χ4v) is 0.999. The number of nitrogens with one attached hydrogen (secondary N) is 2. The zero-order valence-electron chi connectivity index (χ0n) is 8.24. The van der Waals surface area contributed by atoms with Gasteiger partial charge in [0, 0.05) is 19.7 Å². The maximum Gasteiger partial charge on any atom is 0.257 e. The number of hydrogen-bond acceptors (Lipinski definition) is 2. The van der Waals surface area contributed by atoms with Gasteiger partial charge in [0.1, 0.15) is 0 Å². The molecule has 0 radical (unpaired) electrons. The summed E-state index contributed by atoms with van der Waals surface area (Å²) < 4.78 is 0. The topological polar surface area (TPSA) is 53.5 Å². The third-order valence-corrected chi connectivity index (χ3v) is 1.73. The minimum Gasteiger partial charge on any atom is -0.359 e. The van der Waals surface area contributed by atoms with Crippen LogP contribution in [-0.4, -0.2) is 26.0 Å². The van der Waals surface area contributed by atoms with Gasteiger partial charge in [0.25, 0.3) is 5.91 Å². The van der Waals surface area contributed by atoms with Gasteiger partial charge in [0.05, 0.1) is 0 Å². The van der Waals surface area contributed by atoms with Crippen LogP contribution >= 0.6 is 0 Å². The molecule has 0 saturated heterocycles. The molecular formula is C10H13N3O. The normalized spacial score (nSPS) is 10.9. The van der Waals surface area contributed by atoms with E-state index in [0.717, 1.165) is 0 Å². The highest BCUT2D eigenvalue weighted by Crippen LogP contribution is 1.97. The first-order valence-corrected chi connectivity index (χ1v) is 4.29. The minimum absolute atomic E-state index is 0.166. The number of carbonyl (C=O) groups is 1. The third kappa shape index (κ3) is 2.58. The molecule has 0 heterocycles. The van der Waals surface area contributed by atoms with Crippen molar-refractivity contribution >= 4 is 11.9 Å². The zero-order chi connectivity index (χ0) is 10.4. The van der Waals surface area contributed by atoms with E-state index in [2.05, 4.69) is 15.6 Å². The van der Waals surface area contributed by atoms with Gasteiger partial charge in [0.15, 0.2) is 5.96 Å². The fourth-order valence-electron chi connectivity index (χ4n) is 0.999. The molecule has 0 saturated carbocycles. The second kappa shape index (κ2) is 5.01. The van der Waals surface area contributed by atoms with Gasteiger partial charge in [-0.1, -0.05) is 18.2 Å². The van der Waals surface area contributed by atoms with Crippen LogP contribution in [0.5, 0.6) is 0 Å². The predicted molar refractivity (Wildman–Crippen MR) is 56.3 cm³/mol. The van der Waals surface area contributed by atoms with Crippen molar-refractivity contribution in [2.75, 3.05) is 14.1 Å². The van der Waals surface area contributed by atoms with Gasteiger partial charge in [-0.05, 0) is 12.1 Å². The lowest BCUT2D eigenvalue weighted by atomic mass is 10.2. The Hall–Kier alpha value is -1.84. The van der Waals surface area contributed by atoms with Crippen LogP contribution in [0.1, 0.15) is 10.4 Å². The van der Waals surface area contributed by atoms with Crippen molar-refractivity contribution < 1.29 is 4.79 Å². The second-order valence-electron chi connectivity index (χ2n) is 2.64. The van der Waals surface area contributed by atoms with Crippen LogP contribution < -0.4 is 10.6 Å². The lowest BCUT2D eigenvalue weighted by molar-refractivity contribution is 0.0976. The van der Waals surface area contributed by atoms with Crippen molar-refractivity contribution in [2.45, 2.75) is 0 Å². The Kier molecular flexibility index (Phi) is 3.67. The Bertz CT molecular complexity index is 332. The average molecular weight is 191 g/mol. The molecule has 2 N–H and O–H groups in total. The highest BCUT2D eigenvalue weighted by atomic mass is 16.1. The number of carbonyl (C=O) groups excluding carboxylic acids is 1. The van der Waals surface area contributed by atoms with E-state index >= 15 is 0 Å². The third-order valence-electron chi connectivity index (χ3n) is 1.73. The van der Waals surface area contributed by atoms with Crippen molar-refractivity contribution in [1.82, 2.24) is 10.6 Å². The molecular weight excluding hydrogens is 178 g/mol. The molecule has 74 valence electrons. The first-order chi connectivity index (χ1) is 6.77. The first-order valence-electron chi connectivity index (χ1n) is 4.29. The van der Waals surface area contributed by atoms with Gasteiger partial charge >= 0.3 is 0 Å². The maximum absolute atomic E-state index is 11.5.